The van der Waals surface area contributed by atoms with Crippen LogP contribution in [-0.2, 0) is 17.8 Å². The van der Waals surface area contributed by atoms with Gasteiger partial charge in [-0.05, 0) is 134 Å². The number of hydrogen-bond acceptors (Lipinski definition) is 5. The van der Waals surface area contributed by atoms with Crippen LogP contribution >= 0.6 is 12.4 Å². The number of fused-ring (bicyclic) bond motifs is 6. The van der Waals surface area contributed by atoms with Crippen LogP contribution in [0.25, 0.3) is 0 Å². The summed E-state index contributed by atoms with van der Waals surface area (Å²) in [5, 5.41) is 3.47. The number of halogens is 1. The van der Waals surface area contributed by atoms with E-state index in [1.165, 1.54) is 50.2 Å². The van der Waals surface area contributed by atoms with E-state index in [9.17, 15) is 14.4 Å². The van der Waals surface area contributed by atoms with E-state index in [1.54, 1.807) is 4.90 Å². The summed E-state index contributed by atoms with van der Waals surface area (Å²) in [7, 11) is 0. The topological polar surface area (TPSA) is 88.7 Å². The van der Waals surface area contributed by atoms with Gasteiger partial charge in [0.05, 0.1) is 24.2 Å². The van der Waals surface area contributed by atoms with Gasteiger partial charge in [-0.1, -0.05) is 61.4 Å². The monoisotopic (exact) mass is 814 g/mol. The summed E-state index contributed by atoms with van der Waals surface area (Å²) in [5.41, 5.74) is 11.8. The maximum atomic E-state index is 13.6. The highest BCUT2D eigenvalue weighted by molar-refractivity contribution is 5.85. The predicted molar refractivity (Wildman–Crippen MR) is 233 cm³/mol. The first-order chi connectivity index (χ1) is 26.9. The number of aryl methyl sites for hydroxylation is 4. The minimum Gasteiger partial charge on any atom is -0.444 e. The molecule has 6 heterocycles. The Bertz CT molecular complexity index is 2000. The van der Waals surface area contributed by atoms with E-state index in [4.69, 9.17) is 4.74 Å². The third kappa shape index (κ3) is 7.41. The number of carbonyl (C=O) groups excluding carboxylic acids is 3. The van der Waals surface area contributed by atoms with Crippen molar-refractivity contribution in [1.82, 2.24) is 29.8 Å². The quantitative estimate of drug-likeness (QED) is 0.327. The van der Waals surface area contributed by atoms with Crippen LogP contribution in [0.15, 0.2) is 47.8 Å². The first-order valence-corrected chi connectivity index (χ1v) is 21.5. The lowest BCUT2D eigenvalue weighted by atomic mass is 9.82. The van der Waals surface area contributed by atoms with E-state index < -0.39 is 5.60 Å². The molecule has 0 saturated carbocycles. The van der Waals surface area contributed by atoms with Gasteiger partial charge in [0.2, 0.25) is 0 Å². The molecule has 1 N–H and O–H groups in total. The lowest BCUT2D eigenvalue weighted by Gasteiger charge is -2.44. The van der Waals surface area contributed by atoms with Gasteiger partial charge < -0.3 is 24.8 Å². The molecule has 2 unspecified atom stereocenters. The number of nitrogens with one attached hydrogen (secondary N) is 1. The molecule has 10 nitrogen and oxygen atoms in total. The van der Waals surface area contributed by atoms with Crippen LogP contribution in [0.4, 0.5) is 14.4 Å². The van der Waals surface area contributed by atoms with Gasteiger partial charge in [0.25, 0.3) is 0 Å². The number of carbonyl (C=O) groups is 3. The van der Waals surface area contributed by atoms with Crippen LogP contribution in [0.5, 0.6) is 0 Å². The van der Waals surface area contributed by atoms with E-state index in [2.05, 4.69) is 107 Å². The molecule has 0 aliphatic carbocycles. The van der Waals surface area contributed by atoms with Crippen molar-refractivity contribution < 1.29 is 19.1 Å². The van der Waals surface area contributed by atoms with Gasteiger partial charge in [-0.3, -0.25) is 9.80 Å². The molecule has 4 saturated heterocycles. The van der Waals surface area contributed by atoms with Gasteiger partial charge in [0.1, 0.15) is 5.60 Å². The lowest BCUT2D eigenvalue weighted by molar-refractivity contribution is 0.0113. The second-order valence-electron chi connectivity index (χ2n) is 18.5. The maximum absolute atomic E-state index is 13.6. The zero-order valence-electron chi connectivity index (χ0n) is 36.9. The largest absolute Gasteiger partial charge is 0.444 e. The number of urea groups is 2. The Morgan fingerprint density at radius 1 is 0.724 bits per heavy atom. The highest BCUT2D eigenvalue weighted by Crippen LogP contribution is 2.49. The summed E-state index contributed by atoms with van der Waals surface area (Å²) in [4.78, 5) is 49.5. The average Bonchev–Trinajstić information content (AvgIpc) is 3.29. The second kappa shape index (κ2) is 16.2. The number of piperidine rings is 2. The van der Waals surface area contributed by atoms with E-state index in [1.807, 2.05) is 30.6 Å². The van der Waals surface area contributed by atoms with Crippen LogP contribution in [0, 0.1) is 27.7 Å². The fraction of sp³-hybridized carbons (Fsp3) is 0.596. The Kier molecular flexibility index (Phi) is 12.2. The molecule has 0 bridgehead atoms. The van der Waals surface area contributed by atoms with Gasteiger partial charge in [-0.25, -0.2) is 14.4 Å². The van der Waals surface area contributed by atoms with Crippen molar-refractivity contribution in [2.75, 3.05) is 39.3 Å². The van der Waals surface area contributed by atoms with Crippen molar-refractivity contribution in [2.24, 2.45) is 0 Å². The first kappa shape index (κ1) is 43.6. The van der Waals surface area contributed by atoms with Crippen LogP contribution in [-0.4, -0.2) is 98.6 Å². The fourth-order valence-corrected chi connectivity index (χ4v) is 11.3. The second-order valence-corrected chi connectivity index (χ2v) is 18.5. The Hall–Kier alpha value is -4.02. The predicted octanol–water partition coefficient (Wildman–Crippen LogP) is 9.44. The fourth-order valence-electron chi connectivity index (χ4n) is 11.3. The zero-order valence-corrected chi connectivity index (χ0v) is 37.7. The number of rotatable bonds is 2. The van der Waals surface area contributed by atoms with Gasteiger partial charge in [0.15, 0.2) is 0 Å². The molecule has 2 aromatic carbocycles. The van der Waals surface area contributed by atoms with Crippen molar-refractivity contribution in [3.8, 4) is 0 Å². The summed E-state index contributed by atoms with van der Waals surface area (Å²) >= 11 is 0. The minimum atomic E-state index is -0.511. The molecule has 4 fully saturated rings. The molecular formula is C47H67ClN6O4. The first-order valence-electron chi connectivity index (χ1n) is 21.5. The standard InChI is InChI=1S/C26H37N3O3.C21H29N3O.ClH/c1-8-29-23(30)28-16-20-14-17(2)13-18(3)22(20)19(4)15-21(28)26(29)9-11-27(12-10-26)24(31)32-25(5,6)7;1-5-24-20(25)23-13-17-11-14(2)10-15(3)19(17)16(4)12-18(23)21(24)6-8-22-9-7-21;/h13-15,19H,8-12,16H2,1-7H3;10-12,16,22H,5-9,13H2,1-4H3;1H. The number of nitrogens with zero attached hydrogens (tertiary/aromatic N) is 5. The zero-order chi connectivity index (χ0) is 41.2. The van der Waals surface area contributed by atoms with Gasteiger partial charge in [-0.2, -0.15) is 0 Å². The van der Waals surface area contributed by atoms with E-state index >= 15 is 0 Å². The summed E-state index contributed by atoms with van der Waals surface area (Å²) in [6.07, 6.45) is 7.91. The van der Waals surface area contributed by atoms with Crippen molar-refractivity contribution in [2.45, 2.75) is 143 Å². The summed E-state index contributed by atoms with van der Waals surface area (Å²) in [6, 6.07) is 9.28. The third-order valence-corrected chi connectivity index (χ3v) is 13.4. The molecule has 2 spiro atoms. The molecule has 58 heavy (non-hydrogen) atoms. The van der Waals surface area contributed by atoms with Crippen molar-refractivity contribution in [1.29, 1.82) is 0 Å². The highest BCUT2D eigenvalue weighted by Gasteiger charge is 2.56. The molecular weight excluding hydrogens is 748 g/mol. The van der Waals surface area contributed by atoms with E-state index in [0.29, 0.717) is 38.6 Å². The average molecular weight is 816 g/mol. The maximum Gasteiger partial charge on any atom is 0.410 e. The van der Waals surface area contributed by atoms with Crippen molar-refractivity contribution in [3.63, 3.8) is 0 Å². The van der Waals surface area contributed by atoms with Gasteiger partial charge in [0, 0.05) is 49.4 Å². The van der Waals surface area contributed by atoms with Crippen LogP contribution < -0.4 is 5.32 Å². The number of likely N-dealkylation sites (N-methyl/N-ethyl adjacent to an activating group) is 2. The van der Waals surface area contributed by atoms with Crippen molar-refractivity contribution >= 4 is 30.6 Å². The van der Waals surface area contributed by atoms with Crippen LogP contribution in [0.3, 0.4) is 0 Å². The number of ether oxygens (including phenoxy) is 1. The molecule has 5 amide bonds. The number of benzene rings is 2. The molecule has 0 aromatic heterocycles. The number of allylic oxidation sites excluding steroid dienone is 2. The molecule has 316 valence electrons. The minimum absolute atomic E-state index is 0. The molecule has 2 atom stereocenters. The Balaban J connectivity index is 0.000000198. The third-order valence-electron chi connectivity index (χ3n) is 13.4. The Morgan fingerprint density at radius 3 is 1.53 bits per heavy atom. The van der Waals surface area contributed by atoms with Crippen LogP contribution in [0.2, 0.25) is 0 Å². The Morgan fingerprint density at radius 2 is 1.14 bits per heavy atom. The van der Waals surface area contributed by atoms with E-state index in [0.717, 1.165) is 51.0 Å². The molecule has 2 aromatic rings. The summed E-state index contributed by atoms with van der Waals surface area (Å²) in [5.74, 6) is 0.572. The van der Waals surface area contributed by atoms with Gasteiger partial charge in [-0.15, -0.1) is 12.4 Å². The number of hydrogen-bond donors (Lipinski definition) is 1. The summed E-state index contributed by atoms with van der Waals surface area (Å²) in [6.45, 7) is 28.9. The molecule has 8 rings (SSSR count). The van der Waals surface area contributed by atoms with E-state index in [-0.39, 0.29) is 47.6 Å². The lowest BCUT2D eigenvalue weighted by Crippen LogP contribution is -2.55. The smallest absolute Gasteiger partial charge is 0.410 e. The van der Waals surface area contributed by atoms with Crippen LogP contribution in [0.1, 0.15) is 130 Å². The number of amides is 5. The van der Waals surface area contributed by atoms with Crippen molar-refractivity contribution in [3.05, 3.63) is 92.3 Å². The van der Waals surface area contributed by atoms with Gasteiger partial charge >= 0.3 is 18.2 Å². The number of likely N-dealkylation sites (tertiary alicyclic amines) is 1. The SMILES string of the molecule is CCN1C(=O)N2Cc3cc(C)cc(C)c3C(C)C=C2C12CCN(C(=O)OC(C)(C)C)CC2.CCN1C(=O)N2Cc3cc(C)cc(C)c3C(C)C=C2C12CCNCC2.Cl. The Labute approximate surface area is 353 Å². The normalized spacial score (nSPS) is 23.1. The highest BCUT2D eigenvalue weighted by atomic mass is 35.5. The molecule has 11 heteroatoms. The molecule has 0 radical (unpaired) electrons. The molecule has 6 aliphatic rings. The summed E-state index contributed by atoms with van der Waals surface area (Å²) < 4.78 is 5.59. The molecule has 6 aliphatic heterocycles.